The lowest BCUT2D eigenvalue weighted by Gasteiger charge is -2.34. The second kappa shape index (κ2) is 32.0. The molecular formula is C40H73NO7. The number of carbonyl (C=O) groups is 3. The van der Waals surface area contributed by atoms with E-state index in [1.54, 1.807) is 21.1 Å². The number of hydrogen-bond acceptors (Lipinski definition) is 7. The molecule has 0 aliphatic heterocycles. The summed E-state index contributed by atoms with van der Waals surface area (Å²) in [5.41, 5.74) is 0. The number of likely N-dealkylation sites (N-methyl/N-ethyl adjacent to an activating group) is 1. The minimum absolute atomic E-state index is 0.0264. The summed E-state index contributed by atoms with van der Waals surface area (Å²) >= 11 is 0. The Morgan fingerprint density at radius 1 is 0.646 bits per heavy atom. The van der Waals surface area contributed by atoms with Gasteiger partial charge in [-0.3, -0.25) is 9.59 Å². The molecule has 0 bridgehead atoms. The highest BCUT2D eigenvalue weighted by atomic mass is 16.6. The van der Waals surface area contributed by atoms with E-state index in [9.17, 15) is 19.5 Å². The molecule has 0 aromatic carbocycles. The van der Waals surface area contributed by atoms with Crippen LogP contribution in [-0.4, -0.2) is 75.5 Å². The Hall–Kier alpha value is -2.19. The van der Waals surface area contributed by atoms with Crippen molar-refractivity contribution in [2.75, 3.05) is 41.0 Å². The van der Waals surface area contributed by atoms with Gasteiger partial charge in [0.1, 0.15) is 12.6 Å². The minimum Gasteiger partial charge on any atom is -0.544 e. The van der Waals surface area contributed by atoms with Crippen molar-refractivity contribution in [3.05, 3.63) is 24.3 Å². The van der Waals surface area contributed by atoms with Crippen LogP contribution in [0.4, 0.5) is 0 Å². The van der Waals surface area contributed by atoms with Crippen LogP contribution in [0, 0.1) is 0 Å². The average molecular weight is 680 g/mol. The Morgan fingerprint density at radius 2 is 1.17 bits per heavy atom. The maximum absolute atomic E-state index is 12.6. The zero-order chi connectivity index (χ0) is 35.7. The Bertz CT molecular complexity index is 849. The van der Waals surface area contributed by atoms with Crippen molar-refractivity contribution in [3.63, 3.8) is 0 Å². The van der Waals surface area contributed by atoms with Crippen LogP contribution in [0.1, 0.15) is 162 Å². The molecule has 0 aromatic rings. The monoisotopic (exact) mass is 680 g/mol. The van der Waals surface area contributed by atoms with Crippen molar-refractivity contribution in [1.29, 1.82) is 0 Å². The van der Waals surface area contributed by atoms with E-state index in [2.05, 4.69) is 26.0 Å². The number of carboxylic acid groups (broad SMARTS) is 1. The number of carboxylic acids is 1. The number of unbranched alkanes of at least 4 members (excludes halogenated alkanes) is 16. The van der Waals surface area contributed by atoms with E-state index in [1.165, 1.54) is 89.9 Å². The van der Waals surface area contributed by atoms with E-state index >= 15 is 0 Å². The Balaban J connectivity index is 4.31. The molecule has 0 fully saturated rings. The van der Waals surface area contributed by atoms with Gasteiger partial charge in [0.15, 0.2) is 6.10 Å². The van der Waals surface area contributed by atoms with Crippen molar-refractivity contribution >= 4 is 17.9 Å². The van der Waals surface area contributed by atoms with Gasteiger partial charge in [0.2, 0.25) is 0 Å². The number of allylic oxidation sites excluding steroid dienone is 4. The van der Waals surface area contributed by atoms with Gasteiger partial charge in [-0.15, -0.1) is 0 Å². The lowest BCUT2D eigenvalue weighted by Crippen LogP contribution is -2.55. The number of carbonyl (C=O) groups excluding carboxylic acids is 3. The first-order valence-electron chi connectivity index (χ1n) is 19.4. The van der Waals surface area contributed by atoms with Gasteiger partial charge in [-0.25, -0.2) is 0 Å². The Labute approximate surface area is 294 Å². The predicted octanol–water partition coefficient (Wildman–Crippen LogP) is 8.41. The van der Waals surface area contributed by atoms with Crippen LogP contribution >= 0.6 is 0 Å². The zero-order valence-electron chi connectivity index (χ0n) is 31.7. The van der Waals surface area contributed by atoms with E-state index in [-0.39, 0.29) is 49.1 Å². The van der Waals surface area contributed by atoms with E-state index in [0.29, 0.717) is 12.8 Å². The van der Waals surface area contributed by atoms with Gasteiger partial charge in [-0.05, 0) is 25.7 Å². The average Bonchev–Trinajstić information content (AvgIpc) is 3.03. The second-order valence-corrected chi connectivity index (χ2v) is 14.1. The molecule has 0 spiro atoms. The maximum Gasteiger partial charge on any atom is 0.306 e. The topological polar surface area (TPSA) is 102 Å². The van der Waals surface area contributed by atoms with Gasteiger partial charge in [0.25, 0.3) is 0 Å². The zero-order valence-corrected chi connectivity index (χ0v) is 31.7. The highest BCUT2D eigenvalue weighted by Gasteiger charge is 2.25. The summed E-state index contributed by atoms with van der Waals surface area (Å²) in [5, 5.41) is 11.5. The smallest absolute Gasteiger partial charge is 0.306 e. The summed E-state index contributed by atoms with van der Waals surface area (Å²) in [7, 11) is 5.38. The van der Waals surface area contributed by atoms with Gasteiger partial charge < -0.3 is 28.6 Å². The van der Waals surface area contributed by atoms with Gasteiger partial charge in [-0.1, -0.05) is 141 Å². The quantitative estimate of drug-likeness (QED) is 0.0291. The summed E-state index contributed by atoms with van der Waals surface area (Å²) in [6.45, 7) is 4.45. The molecule has 280 valence electrons. The minimum atomic E-state index is -1.13. The largest absolute Gasteiger partial charge is 0.544 e. The van der Waals surface area contributed by atoms with Crippen molar-refractivity contribution in [3.8, 4) is 0 Å². The van der Waals surface area contributed by atoms with Crippen molar-refractivity contribution < 1.29 is 38.2 Å². The third-order valence-electron chi connectivity index (χ3n) is 8.62. The van der Waals surface area contributed by atoms with Gasteiger partial charge in [0, 0.05) is 19.3 Å². The molecule has 2 atom stereocenters. The summed E-state index contributed by atoms with van der Waals surface area (Å²) in [6.07, 6.45) is 32.4. The van der Waals surface area contributed by atoms with E-state index in [0.717, 1.165) is 32.1 Å². The molecule has 8 heteroatoms. The number of hydrogen-bond donors (Lipinski definition) is 0. The van der Waals surface area contributed by atoms with Crippen molar-refractivity contribution in [2.45, 2.75) is 174 Å². The molecule has 8 nitrogen and oxygen atoms in total. The van der Waals surface area contributed by atoms with Crippen LogP contribution in [0.3, 0.4) is 0 Å². The molecule has 0 aromatic heterocycles. The van der Waals surface area contributed by atoms with E-state index < -0.39 is 18.1 Å². The lowest BCUT2D eigenvalue weighted by atomic mass is 10.0. The number of rotatable bonds is 34. The van der Waals surface area contributed by atoms with Gasteiger partial charge in [0.05, 0.1) is 40.3 Å². The summed E-state index contributed by atoms with van der Waals surface area (Å²) in [4.78, 5) is 36.5. The number of quaternary nitrogens is 1. The van der Waals surface area contributed by atoms with Crippen molar-refractivity contribution in [2.24, 2.45) is 0 Å². The third kappa shape index (κ3) is 29.9. The standard InChI is InChI=1S/C40H73NO7/c1-6-8-10-12-14-15-16-17-18-19-20-21-22-23-25-27-29-31-39(43)48-36(34-46-33-32-37(40(44)45)41(3,4)5)35-47-38(42)30-28-26-24-13-11-9-7-2/h9,11,24,26,36-37H,6-8,10,12-23,25,27-35H2,1-5H3/b11-9+,26-24+. The molecule has 0 radical (unpaired) electrons. The number of nitrogens with zero attached hydrogens (tertiary/aromatic N) is 1. The molecule has 0 heterocycles. The first kappa shape index (κ1) is 45.8. The van der Waals surface area contributed by atoms with E-state index in [1.807, 2.05) is 12.2 Å². The van der Waals surface area contributed by atoms with Crippen LogP contribution in [0.25, 0.3) is 0 Å². The molecule has 2 unspecified atom stereocenters. The molecule has 48 heavy (non-hydrogen) atoms. The van der Waals surface area contributed by atoms with E-state index in [4.69, 9.17) is 14.2 Å². The molecule has 0 aliphatic carbocycles. The third-order valence-corrected chi connectivity index (χ3v) is 8.62. The van der Waals surface area contributed by atoms with Crippen molar-refractivity contribution in [1.82, 2.24) is 0 Å². The molecule has 0 saturated heterocycles. The van der Waals surface area contributed by atoms with Crippen LogP contribution in [0.15, 0.2) is 24.3 Å². The molecule has 0 rings (SSSR count). The fourth-order valence-corrected chi connectivity index (χ4v) is 5.60. The maximum atomic E-state index is 12.6. The number of ether oxygens (including phenoxy) is 3. The summed E-state index contributed by atoms with van der Waals surface area (Å²) in [5.74, 6) is -1.82. The Morgan fingerprint density at radius 3 is 1.67 bits per heavy atom. The molecular weight excluding hydrogens is 606 g/mol. The van der Waals surface area contributed by atoms with Crippen LogP contribution in [0.2, 0.25) is 0 Å². The predicted molar refractivity (Wildman–Crippen MR) is 194 cm³/mol. The highest BCUT2D eigenvalue weighted by molar-refractivity contribution is 5.70. The molecule has 0 amide bonds. The number of aliphatic carboxylic acids is 1. The molecule has 0 saturated carbocycles. The van der Waals surface area contributed by atoms with Crippen LogP contribution in [-0.2, 0) is 28.6 Å². The normalized spacial score (nSPS) is 13.3. The fourth-order valence-electron chi connectivity index (χ4n) is 5.60. The number of esters is 2. The SMILES string of the molecule is CC/C=C/C/C=C/CCC(=O)OCC(COCCC(C(=O)[O-])[N+](C)(C)C)OC(=O)CCCCCCCCCCCCCCCCCCC. The molecule has 0 N–H and O–H groups in total. The molecule has 0 aliphatic rings. The fraction of sp³-hybridized carbons (Fsp3) is 0.825. The van der Waals surface area contributed by atoms with Gasteiger partial charge in [-0.2, -0.15) is 0 Å². The summed E-state index contributed by atoms with van der Waals surface area (Å²) in [6, 6.07) is -0.728. The Kier molecular flexibility index (Phi) is 30.6. The summed E-state index contributed by atoms with van der Waals surface area (Å²) < 4.78 is 17.0. The lowest BCUT2D eigenvalue weighted by molar-refractivity contribution is -0.889. The highest BCUT2D eigenvalue weighted by Crippen LogP contribution is 2.15. The van der Waals surface area contributed by atoms with Gasteiger partial charge >= 0.3 is 11.9 Å². The van der Waals surface area contributed by atoms with Crippen LogP contribution in [0.5, 0.6) is 0 Å². The second-order valence-electron chi connectivity index (χ2n) is 14.1. The first-order valence-corrected chi connectivity index (χ1v) is 19.4. The first-order chi connectivity index (χ1) is 23.1. The van der Waals surface area contributed by atoms with Crippen LogP contribution < -0.4 is 5.11 Å².